The van der Waals surface area contributed by atoms with E-state index >= 15 is 0 Å². The third-order valence-electron chi connectivity index (χ3n) is 3.28. The molecule has 1 aromatic rings. The van der Waals surface area contributed by atoms with E-state index in [2.05, 4.69) is 21.2 Å². The summed E-state index contributed by atoms with van der Waals surface area (Å²) < 4.78 is 6.45. The summed E-state index contributed by atoms with van der Waals surface area (Å²) in [6, 6.07) is 8.01. The van der Waals surface area contributed by atoms with Gasteiger partial charge in [0.25, 0.3) is 0 Å². The van der Waals surface area contributed by atoms with E-state index in [0.717, 1.165) is 16.5 Å². The maximum Gasteiger partial charge on any atom is 0.226 e. The number of carbonyl (C=O) groups is 1. The molecule has 1 aliphatic heterocycles. The molecule has 3 unspecified atom stereocenters. The van der Waals surface area contributed by atoms with Crippen LogP contribution in [0.2, 0.25) is 0 Å². The van der Waals surface area contributed by atoms with Crippen LogP contribution in [-0.4, -0.2) is 18.6 Å². The van der Waals surface area contributed by atoms with Crippen LogP contribution in [0.1, 0.15) is 31.9 Å². The summed E-state index contributed by atoms with van der Waals surface area (Å²) in [7, 11) is 0. The summed E-state index contributed by atoms with van der Waals surface area (Å²) in [4.78, 5) is 12.1. The SMILES string of the molecule is CC1CC(C(=O)NC(C)c2cccc(Br)c2)CO1. The van der Waals surface area contributed by atoms with Crippen LogP contribution in [0, 0.1) is 5.92 Å². The van der Waals surface area contributed by atoms with Crippen molar-refractivity contribution in [2.45, 2.75) is 32.4 Å². The van der Waals surface area contributed by atoms with Crippen molar-refractivity contribution in [3.63, 3.8) is 0 Å². The molecule has 3 nitrogen and oxygen atoms in total. The number of halogens is 1. The molecular formula is C14H18BrNO2. The number of amides is 1. The van der Waals surface area contributed by atoms with Crippen LogP contribution in [0.4, 0.5) is 0 Å². The van der Waals surface area contributed by atoms with Crippen molar-refractivity contribution in [2.75, 3.05) is 6.61 Å². The van der Waals surface area contributed by atoms with E-state index in [9.17, 15) is 4.79 Å². The first-order valence-electron chi connectivity index (χ1n) is 6.23. The van der Waals surface area contributed by atoms with Crippen LogP contribution >= 0.6 is 15.9 Å². The predicted molar refractivity (Wildman–Crippen MR) is 74.2 cm³/mol. The van der Waals surface area contributed by atoms with Crippen molar-refractivity contribution < 1.29 is 9.53 Å². The van der Waals surface area contributed by atoms with E-state index in [1.807, 2.05) is 38.1 Å². The third kappa shape index (κ3) is 3.33. The van der Waals surface area contributed by atoms with Crippen molar-refractivity contribution in [3.05, 3.63) is 34.3 Å². The molecule has 4 heteroatoms. The van der Waals surface area contributed by atoms with Crippen LogP contribution in [-0.2, 0) is 9.53 Å². The smallest absolute Gasteiger partial charge is 0.226 e. The number of hydrogen-bond donors (Lipinski definition) is 1. The zero-order chi connectivity index (χ0) is 13.1. The monoisotopic (exact) mass is 311 g/mol. The Kier molecular flexibility index (Phi) is 4.40. The standard InChI is InChI=1S/C14H18BrNO2/c1-9-6-12(8-18-9)14(17)16-10(2)11-4-3-5-13(15)7-11/h3-5,7,9-10,12H,6,8H2,1-2H3,(H,16,17). The van der Waals surface area contributed by atoms with Gasteiger partial charge in [-0.25, -0.2) is 0 Å². The van der Waals surface area contributed by atoms with Gasteiger partial charge in [-0.15, -0.1) is 0 Å². The highest BCUT2D eigenvalue weighted by Crippen LogP contribution is 2.22. The molecule has 1 fully saturated rings. The molecule has 0 aromatic heterocycles. The zero-order valence-electron chi connectivity index (χ0n) is 10.7. The van der Waals surface area contributed by atoms with Gasteiger partial charge in [-0.2, -0.15) is 0 Å². The summed E-state index contributed by atoms with van der Waals surface area (Å²) in [6.45, 7) is 4.54. The Hall–Kier alpha value is -0.870. The highest BCUT2D eigenvalue weighted by molar-refractivity contribution is 9.10. The lowest BCUT2D eigenvalue weighted by atomic mass is 10.0. The van der Waals surface area contributed by atoms with Gasteiger partial charge in [-0.1, -0.05) is 28.1 Å². The molecule has 0 bridgehead atoms. The van der Waals surface area contributed by atoms with Crippen molar-refractivity contribution >= 4 is 21.8 Å². The van der Waals surface area contributed by atoms with E-state index in [1.54, 1.807) is 0 Å². The minimum Gasteiger partial charge on any atom is -0.378 e. The average molecular weight is 312 g/mol. The van der Waals surface area contributed by atoms with Gasteiger partial charge >= 0.3 is 0 Å². The molecule has 1 aromatic carbocycles. The summed E-state index contributed by atoms with van der Waals surface area (Å²) in [5.74, 6) is 0.0847. The molecule has 0 spiro atoms. The Morgan fingerprint density at radius 1 is 1.56 bits per heavy atom. The second-order valence-electron chi connectivity index (χ2n) is 4.86. The lowest BCUT2D eigenvalue weighted by molar-refractivity contribution is -0.125. The van der Waals surface area contributed by atoms with Crippen molar-refractivity contribution in [2.24, 2.45) is 5.92 Å². The number of rotatable bonds is 3. The molecule has 3 atom stereocenters. The van der Waals surface area contributed by atoms with Crippen molar-refractivity contribution in [3.8, 4) is 0 Å². The second-order valence-corrected chi connectivity index (χ2v) is 5.78. The summed E-state index contributed by atoms with van der Waals surface area (Å²) in [5, 5.41) is 3.05. The Bertz CT molecular complexity index is 436. The Morgan fingerprint density at radius 2 is 2.33 bits per heavy atom. The molecule has 98 valence electrons. The van der Waals surface area contributed by atoms with Gasteiger partial charge in [0.2, 0.25) is 5.91 Å². The molecule has 2 rings (SSSR count). The van der Waals surface area contributed by atoms with Crippen molar-refractivity contribution in [1.29, 1.82) is 0 Å². The van der Waals surface area contributed by atoms with Crippen LogP contribution in [0.15, 0.2) is 28.7 Å². The Balaban J connectivity index is 1.95. The summed E-state index contributed by atoms with van der Waals surface area (Å²) in [5.41, 5.74) is 1.10. The first-order valence-corrected chi connectivity index (χ1v) is 7.03. The largest absolute Gasteiger partial charge is 0.378 e. The molecule has 0 saturated carbocycles. The highest BCUT2D eigenvalue weighted by Gasteiger charge is 2.28. The van der Waals surface area contributed by atoms with Crippen LogP contribution < -0.4 is 5.32 Å². The maximum atomic E-state index is 12.1. The van der Waals surface area contributed by atoms with E-state index in [4.69, 9.17) is 4.74 Å². The molecule has 0 radical (unpaired) electrons. The van der Waals surface area contributed by atoms with Gasteiger partial charge in [0.05, 0.1) is 24.7 Å². The average Bonchev–Trinajstić information content (AvgIpc) is 2.76. The number of carbonyl (C=O) groups excluding carboxylic acids is 1. The molecule has 0 aliphatic carbocycles. The fourth-order valence-corrected chi connectivity index (χ4v) is 2.61. The van der Waals surface area contributed by atoms with Gasteiger partial charge in [0.1, 0.15) is 0 Å². The fourth-order valence-electron chi connectivity index (χ4n) is 2.19. The van der Waals surface area contributed by atoms with Gasteiger partial charge in [-0.05, 0) is 38.0 Å². The van der Waals surface area contributed by atoms with Crippen LogP contribution in [0.3, 0.4) is 0 Å². The van der Waals surface area contributed by atoms with Gasteiger partial charge in [0, 0.05) is 4.47 Å². The predicted octanol–water partition coefficient (Wildman–Crippen LogP) is 3.05. The molecule has 1 amide bonds. The zero-order valence-corrected chi connectivity index (χ0v) is 12.2. The van der Waals surface area contributed by atoms with Crippen LogP contribution in [0.5, 0.6) is 0 Å². The molecule has 1 aliphatic rings. The minimum atomic E-state index is -0.00500. The summed E-state index contributed by atoms with van der Waals surface area (Å²) in [6.07, 6.45) is 1.01. The topological polar surface area (TPSA) is 38.3 Å². The van der Waals surface area contributed by atoms with Gasteiger partial charge in [0.15, 0.2) is 0 Å². The van der Waals surface area contributed by atoms with E-state index in [-0.39, 0.29) is 24.0 Å². The normalized spacial score (nSPS) is 24.8. The summed E-state index contributed by atoms with van der Waals surface area (Å²) >= 11 is 3.44. The van der Waals surface area contributed by atoms with E-state index < -0.39 is 0 Å². The Morgan fingerprint density at radius 3 is 2.94 bits per heavy atom. The fraction of sp³-hybridized carbons (Fsp3) is 0.500. The van der Waals surface area contributed by atoms with Crippen LogP contribution in [0.25, 0.3) is 0 Å². The highest BCUT2D eigenvalue weighted by atomic mass is 79.9. The number of ether oxygens (including phenoxy) is 1. The lowest BCUT2D eigenvalue weighted by Crippen LogP contribution is -2.33. The molecule has 1 saturated heterocycles. The third-order valence-corrected chi connectivity index (χ3v) is 3.77. The maximum absolute atomic E-state index is 12.1. The van der Waals surface area contributed by atoms with E-state index in [0.29, 0.717) is 6.61 Å². The molecular weight excluding hydrogens is 294 g/mol. The number of hydrogen-bond acceptors (Lipinski definition) is 2. The number of benzene rings is 1. The first-order chi connectivity index (χ1) is 8.56. The van der Waals surface area contributed by atoms with Gasteiger partial charge < -0.3 is 10.1 Å². The second kappa shape index (κ2) is 5.85. The van der Waals surface area contributed by atoms with E-state index in [1.165, 1.54) is 0 Å². The van der Waals surface area contributed by atoms with Gasteiger partial charge in [-0.3, -0.25) is 4.79 Å². The Labute approximate surface area is 116 Å². The minimum absolute atomic E-state index is 0.00500. The van der Waals surface area contributed by atoms with Crippen molar-refractivity contribution in [1.82, 2.24) is 5.32 Å². The molecule has 1 heterocycles. The quantitative estimate of drug-likeness (QED) is 0.931. The number of nitrogens with one attached hydrogen (secondary N) is 1. The first kappa shape index (κ1) is 13.6. The molecule has 18 heavy (non-hydrogen) atoms. The lowest BCUT2D eigenvalue weighted by Gasteiger charge is -2.17. The molecule has 1 N–H and O–H groups in total.